The van der Waals surface area contributed by atoms with Crippen molar-refractivity contribution in [2.75, 3.05) is 26.7 Å². The predicted molar refractivity (Wildman–Crippen MR) is 96.1 cm³/mol. The smallest absolute Gasteiger partial charge is 0.408 e. The Kier molecular flexibility index (Phi) is 4.32. The summed E-state index contributed by atoms with van der Waals surface area (Å²) in [6.07, 6.45) is 1.27. The summed E-state index contributed by atoms with van der Waals surface area (Å²) >= 11 is 0. The molecular weight excluding hydrogens is 334 g/mol. The number of rotatable bonds is 2. The molecule has 1 aromatic carbocycles. The van der Waals surface area contributed by atoms with E-state index in [1.807, 2.05) is 24.3 Å². The van der Waals surface area contributed by atoms with Crippen LogP contribution in [0.1, 0.15) is 30.1 Å². The number of carbonyl (C=O) groups is 2. The average molecular weight is 357 g/mol. The molecule has 26 heavy (non-hydrogen) atoms. The first kappa shape index (κ1) is 16.9. The molecule has 2 aliphatic heterocycles. The molecule has 2 amide bonds. The van der Waals surface area contributed by atoms with Crippen molar-refractivity contribution < 1.29 is 19.4 Å². The molecule has 0 saturated carbocycles. The summed E-state index contributed by atoms with van der Waals surface area (Å²) < 4.78 is 5.38. The van der Waals surface area contributed by atoms with Crippen LogP contribution in [0.4, 0.5) is 4.79 Å². The van der Waals surface area contributed by atoms with Gasteiger partial charge in [0.1, 0.15) is 6.04 Å². The van der Waals surface area contributed by atoms with Gasteiger partial charge in [-0.2, -0.15) is 0 Å². The molecule has 0 radical (unpaired) electrons. The van der Waals surface area contributed by atoms with Gasteiger partial charge in [-0.1, -0.05) is 18.2 Å². The molecule has 2 aromatic rings. The van der Waals surface area contributed by atoms with Crippen LogP contribution < -0.4 is 0 Å². The van der Waals surface area contributed by atoms with Gasteiger partial charge in [-0.15, -0.1) is 0 Å². The van der Waals surface area contributed by atoms with Crippen LogP contribution in [-0.4, -0.2) is 64.7 Å². The van der Waals surface area contributed by atoms with Crippen LogP contribution in [0.3, 0.4) is 0 Å². The van der Waals surface area contributed by atoms with Gasteiger partial charge >= 0.3 is 6.09 Å². The number of aromatic nitrogens is 1. The minimum atomic E-state index is -1.05. The van der Waals surface area contributed by atoms with Crippen molar-refractivity contribution in [2.24, 2.45) is 0 Å². The fourth-order valence-electron chi connectivity index (χ4n) is 4.19. The Morgan fingerprint density at radius 3 is 2.62 bits per heavy atom. The molecule has 3 heterocycles. The van der Waals surface area contributed by atoms with Crippen molar-refractivity contribution in [3.8, 4) is 0 Å². The average Bonchev–Trinajstić information content (AvgIpc) is 3.05. The molecule has 4 rings (SSSR count). The minimum absolute atomic E-state index is 0.132. The molecule has 1 atom stereocenters. The number of carbonyl (C=O) groups excluding carboxylic acids is 1. The van der Waals surface area contributed by atoms with E-state index in [0.29, 0.717) is 26.1 Å². The molecular formula is C19H23N3O4. The van der Waals surface area contributed by atoms with Crippen molar-refractivity contribution in [2.45, 2.75) is 31.4 Å². The third-order valence-corrected chi connectivity index (χ3v) is 5.58. The maximum Gasteiger partial charge on any atom is 0.408 e. The lowest BCUT2D eigenvalue weighted by atomic mass is 9.94. The number of nitrogens with one attached hydrogen (secondary N) is 1. The Morgan fingerprint density at radius 2 is 1.92 bits per heavy atom. The summed E-state index contributed by atoms with van der Waals surface area (Å²) in [5.41, 5.74) is 2.72. The van der Waals surface area contributed by atoms with E-state index in [0.717, 1.165) is 35.0 Å². The summed E-state index contributed by atoms with van der Waals surface area (Å²) in [7, 11) is 1.69. The van der Waals surface area contributed by atoms with Crippen LogP contribution in [-0.2, 0) is 16.0 Å². The Labute approximate surface area is 151 Å². The number of aromatic amines is 1. The van der Waals surface area contributed by atoms with Gasteiger partial charge in [-0.3, -0.25) is 9.69 Å². The quantitative estimate of drug-likeness (QED) is 0.864. The summed E-state index contributed by atoms with van der Waals surface area (Å²) in [5.74, 6) is -0.132. The third kappa shape index (κ3) is 2.72. The first-order valence-corrected chi connectivity index (χ1v) is 9.00. The van der Waals surface area contributed by atoms with Crippen LogP contribution in [0.5, 0.6) is 0 Å². The number of nitrogens with zero attached hydrogens (tertiary/aromatic N) is 2. The molecule has 1 fully saturated rings. The molecule has 7 heteroatoms. The molecule has 0 bridgehead atoms. The number of likely N-dealkylation sites (tertiary alicyclic amines) is 1. The van der Waals surface area contributed by atoms with Gasteiger partial charge in [0.2, 0.25) is 5.91 Å². The number of amides is 2. The van der Waals surface area contributed by atoms with E-state index < -0.39 is 12.1 Å². The van der Waals surface area contributed by atoms with Crippen LogP contribution in [0.2, 0.25) is 0 Å². The highest BCUT2D eigenvalue weighted by Crippen LogP contribution is 2.37. The maximum absolute atomic E-state index is 13.3. The standard InChI is InChI=1S/C19H23N3O4/c1-26-12-6-9-21(10-7-12)18(23)17-16-13-4-2-3-5-14(13)20-15(16)8-11-22(17)19(24)25/h2-5,12,17,20H,6-11H2,1H3,(H,24,25). The number of fused-ring (bicyclic) bond motifs is 3. The number of hydrogen-bond acceptors (Lipinski definition) is 3. The van der Waals surface area contributed by atoms with Crippen LogP contribution in [0.25, 0.3) is 10.9 Å². The Morgan fingerprint density at radius 1 is 1.19 bits per heavy atom. The summed E-state index contributed by atoms with van der Waals surface area (Å²) in [5, 5.41) is 10.6. The fraction of sp³-hybridized carbons (Fsp3) is 0.474. The van der Waals surface area contributed by atoms with E-state index >= 15 is 0 Å². The summed E-state index contributed by atoms with van der Waals surface area (Å²) in [6.45, 7) is 1.51. The van der Waals surface area contributed by atoms with E-state index in [1.165, 1.54) is 4.90 Å². The Hall–Kier alpha value is -2.54. The second-order valence-electron chi connectivity index (χ2n) is 6.95. The van der Waals surface area contributed by atoms with Crippen molar-refractivity contribution in [3.63, 3.8) is 0 Å². The lowest BCUT2D eigenvalue weighted by molar-refractivity contribution is -0.139. The van der Waals surface area contributed by atoms with Gasteiger partial charge in [0.25, 0.3) is 0 Å². The maximum atomic E-state index is 13.3. The van der Waals surface area contributed by atoms with Gasteiger partial charge in [-0.25, -0.2) is 4.79 Å². The van der Waals surface area contributed by atoms with Gasteiger partial charge in [0.15, 0.2) is 0 Å². The number of para-hydroxylation sites is 1. The monoisotopic (exact) mass is 357 g/mol. The van der Waals surface area contributed by atoms with Crippen molar-refractivity contribution >= 4 is 22.9 Å². The number of ether oxygens (including phenoxy) is 1. The minimum Gasteiger partial charge on any atom is -0.465 e. The zero-order valence-electron chi connectivity index (χ0n) is 14.8. The first-order valence-electron chi connectivity index (χ1n) is 9.00. The zero-order chi connectivity index (χ0) is 18.3. The molecule has 0 spiro atoms. The largest absolute Gasteiger partial charge is 0.465 e. The molecule has 7 nitrogen and oxygen atoms in total. The predicted octanol–water partition coefficient (Wildman–Crippen LogP) is 2.38. The number of piperidine rings is 1. The molecule has 2 aliphatic rings. The second-order valence-corrected chi connectivity index (χ2v) is 6.95. The van der Waals surface area contributed by atoms with Gasteiger partial charge in [0, 0.05) is 55.3 Å². The van der Waals surface area contributed by atoms with Crippen molar-refractivity contribution in [1.29, 1.82) is 0 Å². The highest BCUT2D eigenvalue weighted by Gasteiger charge is 2.41. The van der Waals surface area contributed by atoms with E-state index in [1.54, 1.807) is 12.0 Å². The third-order valence-electron chi connectivity index (χ3n) is 5.58. The number of methoxy groups -OCH3 is 1. The number of H-pyrrole nitrogens is 1. The van der Waals surface area contributed by atoms with Gasteiger partial charge < -0.3 is 19.7 Å². The molecule has 1 unspecified atom stereocenters. The summed E-state index contributed by atoms with van der Waals surface area (Å²) in [6, 6.07) is 6.98. The molecule has 1 saturated heterocycles. The number of hydrogen-bond donors (Lipinski definition) is 2. The number of benzene rings is 1. The van der Waals surface area contributed by atoms with Gasteiger partial charge in [0.05, 0.1) is 6.10 Å². The van der Waals surface area contributed by atoms with E-state index in [2.05, 4.69) is 4.98 Å². The first-order chi connectivity index (χ1) is 12.6. The van der Waals surface area contributed by atoms with Crippen molar-refractivity contribution in [3.05, 3.63) is 35.5 Å². The zero-order valence-corrected chi connectivity index (χ0v) is 14.8. The Balaban J connectivity index is 1.72. The molecule has 1 aromatic heterocycles. The van der Waals surface area contributed by atoms with Gasteiger partial charge in [-0.05, 0) is 18.9 Å². The highest BCUT2D eigenvalue weighted by molar-refractivity contribution is 5.95. The molecule has 138 valence electrons. The second kappa shape index (κ2) is 6.64. The topological polar surface area (TPSA) is 85.9 Å². The lowest BCUT2D eigenvalue weighted by Gasteiger charge is -2.38. The Bertz CT molecular complexity index is 838. The van der Waals surface area contributed by atoms with Crippen LogP contribution in [0, 0.1) is 0 Å². The SMILES string of the molecule is COC1CCN(C(=O)C2c3c([nH]c4ccccc34)CCN2C(=O)O)CC1. The summed E-state index contributed by atoms with van der Waals surface area (Å²) in [4.78, 5) is 31.6. The van der Waals surface area contributed by atoms with E-state index in [4.69, 9.17) is 4.74 Å². The molecule has 2 N–H and O–H groups in total. The normalized spacial score (nSPS) is 21.0. The van der Waals surface area contributed by atoms with Crippen LogP contribution in [0.15, 0.2) is 24.3 Å². The number of carboxylic acid groups (broad SMARTS) is 1. The highest BCUT2D eigenvalue weighted by atomic mass is 16.5. The van der Waals surface area contributed by atoms with Crippen LogP contribution >= 0.6 is 0 Å². The molecule has 0 aliphatic carbocycles. The van der Waals surface area contributed by atoms with Crippen molar-refractivity contribution in [1.82, 2.24) is 14.8 Å². The van der Waals surface area contributed by atoms with E-state index in [-0.39, 0.29) is 12.0 Å². The lowest BCUT2D eigenvalue weighted by Crippen LogP contribution is -2.50. The van der Waals surface area contributed by atoms with E-state index in [9.17, 15) is 14.7 Å². The fourth-order valence-corrected chi connectivity index (χ4v) is 4.19.